The summed E-state index contributed by atoms with van der Waals surface area (Å²) < 4.78 is 5.70. The number of carbonyl (C=O) groups is 2. The van der Waals surface area contributed by atoms with Crippen LogP contribution in [-0.4, -0.2) is 29.4 Å². The van der Waals surface area contributed by atoms with Gasteiger partial charge in [0.1, 0.15) is 11.4 Å². The second-order valence-electron chi connectivity index (χ2n) is 6.65. The van der Waals surface area contributed by atoms with Crippen LogP contribution in [0, 0.1) is 5.92 Å². The van der Waals surface area contributed by atoms with Crippen LogP contribution in [0.15, 0.2) is 42.6 Å². The summed E-state index contributed by atoms with van der Waals surface area (Å²) in [6, 6.07) is 10.3. The number of hydrogen-bond acceptors (Lipinski definition) is 4. The number of anilines is 1. The Morgan fingerprint density at radius 2 is 1.81 bits per heavy atom. The molecule has 138 valence electrons. The second-order valence-corrected chi connectivity index (χ2v) is 6.65. The van der Waals surface area contributed by atoms with Crippen LogP contribution in [0.2, 0.25) is 0 Å². The number of rotatable bonds is 7. The highest BCUT2D eigenvalue weighted by atomic mass is 16.5. The third-order valence-corrected chi connectivity index (χ3v) is 3.42. The van der Waals surface area contributed by atoms with E-state index in [4.69, 9.17) is 4.74 Å². The molecule has 1 heterocycles. The summed E-state index contributed by atoms with van der Waals surface area (Å²) in [6.07, 6.45) is 1.44. The topological polar surface area (TPSA) is 80.3 Å². The molecule has 2 aromatic rings. The first-order valence-corrected chi connectivity index (χ1v) is 8.68. The summed E-state index contributed by atoms with van der Waals surface area (Å²) in [5, 5.41) is 5.62. The van der Waals surface area contributed by atoms with E-state index < -0.39 is 5.91 Å². The summed E-state index contributed by atoms with van der Waals surface area (Å²) in [4.78, 5) is 28.8. The van der Waals surface area contributed by atoms with E-state index in [1.165, 1.54) is 12.3 Å². The lowest BCUT2D eigenvalue weighted by Gasteiger charge is -2.14. The first kappa shape index (κ1) is 19.4. The standard InChI is InChI=1S/C20H25N3O3/c1-13(2)12-22-19(24)15-9-10-21-17(11-15)20(25)23-16-7-5-6-8-18(16)26-14(3)4/h5-11,13-14H,12H2,1-4H3,(H,22,24)(H,23,25). The zero-order valence-corrected chi connectivity index (χ0v) is 15.6. The van der Waals surface area contributed by atoms with Gasteiger partial charge in [-0.3, -0.25) is 14.6 Å². The number of aromatic nitrogens is 1. The Balaban J connectivity index is 2.13. The zero-order chi connectivity index (χ0) is 19.1. The van der Waals surface area contributed by atoms with Gasteiger partial charge in [0.25, 0.3) is 11.8 Å². The van der Waals surface area contributed by atoms with Gasteiger partial charge in [0.05, 0.1) is 11.8 Å². The molecule has 1 aromatic carbocycles. The highest BCUT2D eigenvalue weighted by molar-refractivity contribution is 6.05. The number of ether oxygens (including phenoxy) is 1. The molecule has 0 radical (unpaired) electrons. The van der Waals surface area contributed by atoms with Gasteiger partial charge in [-0.1, -0.05) is 26.0 Å². The lowest BCUT2D eigenvalue weighted by atomic mass is 10.2. The van der Waals surface area contributed by atoms with Crippen LogP contribution in [0.5, 0.6) is 5.75 Å². The predicted molar refractivity (Wildman–Crippen MR) is 102 cm³/mol. The Bertz CT molecular complexity index is 772. The van der Waals surface area contributed by atoms with Crippen molar-refractivity contribution < 1.29 is 14.3 Å². The number of amides is 2. The second kappa shape index (κ2) is 8.99. The van der Waals surface area contributed by atoms with Crippen molar-refractivity contribution in [3.8, 4) is 5.75 Å². The highest BCUT2D eigenvalue weighted by Gasteiger charge is 2.14. The maximum atomic E-state index is 12.5. The molecular weight excluding hydrogens is 330 g/mol. The molecule has 6 heteroatoms. The summed E-state index contributed by atoms with van der Waals surface area (Å²) in [5.74, 6) is 0.310. The van der Waals surface area contributed by atoms with Gasteiger partial charge < -0.3 is 15.4 Å². The van der Waals surface area contributed by atoms with Gasteiger partial charge in [-0.15, -0.1) is 0 Å². The van der Waals surface area contributed by atoms with Gasteiger partial charge >= 0.3 is 0 Å². The quantitative estimate of drug-likeness (QED) is 0.796. The van der Waals surface area contributed by atoms with E-state index in [-0.39, 0.29) is 17.7 Å². The van der Waals surface area contributed by atoms with Crippen molar-refractivity contribution in [1.29, 1.82) is 0 Å². The molecule has 0 atom stereocenters. The van der Waals surface area contributed by atoms with Crippen LogP contribution >= 0.6 is 0 Å². The van der Waals surface area contributed by atoms with Crippen molar-refractivity contribution in [2.75, 3.05) is 11.9 Å². The van der Waals surface area contributed by atoms with Gasteiger partial charge in [-0.05, 0) is 44.0 Å². The van der Waals surface area contributed by atoms with E-state index in [0.29, 0.717) is 29.5 Å². The number of hydrogen-bond donors (Lipinski definition) is 2. The van der Waals surface area contributed by atoms with Crippen LogP contribution in [-0.2, 0) is 0 Å². The molecular formula is C20H25N3O3. The molecule has 0 saturated carbocycles. The summed E-state index contributed by atoms with van der Waals surface area (Å²) in [5.41, 5.74) is 1.13. The average Bonchev–Trinajstić information content (AvgIpc) is 2.61. The van der Waals surface area contributed by atoms with Crippen molar-refractivity contribution in [2.24, 2.45) is 5.92 Å². The van der Waals surface area contributed by atoms with Crippen molar-refractivity contribution in [1.82, 2.24) is 10.3 Å². The molecule has 0 saturated heterocycles. The minimum atomic E-state index is -0.400. The molecule has 0 bridgehead atoms. The number of para-hydroxylation sites is 2. The van der Waals surface area contributed by atoms with Crippen molar-refractivity contribution in [2.45, 2.75) is 33.8 Å². The fourth-order valence-corrected chi connectivity index (χ4v) is 2.21. The Hall–Kier alpha value is -2.89. The smallest absolute Gasteiger partial charge is 0.274 e. The molecule has 6 nitrogen and oxygen atoms in total. The van der Waals surface area contributed by atoms with Crippen LogP contribution < -0.4 is 15.4 Å². The largest absolute Gasteiger partial charge is 0.489 e. The SMILES string of the molecule is CC(C)CNC(=O)c1ccnc(C(=O)Nc2ccccc2OC(C)C)c1. The fourth-order valence-electron chi connectivity index (χ4n) is 2.21. The average molecular weight is 355 g/mol. The third kappa shape index (κ3) is 5.58. The molecule has 1 aromatic heterocycles. The number of carbonyl (C=O) groups excluding carboxylic acids is 2. The van der Waals surface area contributed by atoms with Gasteiger partial charge in [-0.25, -0.2) is 0 Å². The van der Waals surface area contributed by atoms with E-state index >= 15 is 0 Å². The first-order valence-electron chi connectivity index (χ1n) is 8.68. The maximum absolute atomic E-state index is 12.5. The van der Waals surface area contributed by atoms with E-state index in [1.807, 2.05) is 39.8 Å². The minimum Gasteiger partial charge on any atom is -0.489 e. The normalized spacial score (nSPS) is 10.7. The number of benzene rings is 1. The summed E-state index contributed by atoms with van der Waals surface area (Å²) in [7, 11) is 0. The predicted octanol–water partition coefficient (Wildman–Crippen LogP) is 3.51. The van der Waals surface area contributed by atoms with E-state index in [2.05, 4.69) is 15.6 Å². The Kier molecular flexibility index (Phi) is 6.72. The molecule has 26 heavy (non-hydrogen) atoms. The molecule has 0 fully saturated rings. The van der Waals surface area contributed by atoms with Crippen molar-refractivity contribution >= 4 is 17.5 Å². The number of nitrogens with one attached hydrogen (secondary N) is 2. The molecule has 2 rings (SSSR count). The highest BCUT2D eigenvalue weighted by Crippen LogP contribution is 2.25. The minimum absolute atomic E-state index is 0.0147. The Morgan fingerprint density at radius 3 is 2.50 bits per heavy atom. The van der Waals surface area contributed by atoms with Crippen LogP contribution in [0.1, 0.15) is 48.5 Å². The zero-order valence-electron chi connectivity index (χ0n) is 15.6. The molecule has 2 amide bonds. The molecule has 2 N–H and O–H groups in total. The van der Waals surface area contributed by atoms with Gasteiger partial charge in [0.2, 0.25) is 0 Å². The summed E-state index contributed by atoms with van der Waals surface area (Å²) >= 11 is 0. The van der Waals surface area contributed by atoms with Crippen LogP contribution in [0.3, 0.4) is 0 Å². The van der Waals surface area contributed by atoms with Gasteiger partial charge in [0.15, 0.2) is 0 Å². The number of pyridine rings is 1. The lowest BCUT2D eigenvalue weighted by molar-refractivity contribution is 0.0949. The first-order chi connectivity index (χ1) is 12.4. The third-order valence-electron chi connectivity index (χ3n) is 3.42. The molecule has 0 aliphatic carbocycles. The monoisotopic (exact) mass is 355 g/mol. The molecule has 0 spiro atoms. The lowest BCUT2D eigenvalue weighted by Crippen LogP contribution is -2.27. The fraction of sp³-hybridized carbons (Fsp3) is 0.350. The van der Waals surface area contributed by atoms with E-state index in [9.17, 15) is 9.59 Å². The maximum Gasteiger partial charge on any atom is 0.274 e. The summed E-state index contributed by atoms with van der Waals surface area (Å²) in [6.45, 7) is 8.44. The van der Waals surface area contributed by atoms with Crippen LogP contribution in [0.25, 0.3) is 0 Å². The molecule has 0 aliphatic rings. The van der Waals surface area contributed by atoms with E-state index in [0.717, 1.165) is 0 Å². The number of nitrogens with zero attached hydrogens (tertiary/aromatic N) is 1. The van der Waals surface area contributed by atoms with Crippen molar-refractivity contribution in [3.63, 3.8) is 0 Å². The Morgan fingerprint density at radius 1 is 1.08 bits per heavy atom. The van der Waals surface area contributed by atoms with Gasteiger partial charge in [0, 0.05) is 18.3 Å². The van der Waals surface area contributed by atoms with Crippen LogP contribution in [0.4, 0.5) is 5.69 Å². The molecule has 0 unspecified atom stereocenters. The van der Waals surface area contributed by atoms with Gasteiger partial charge in [-0.2, -0.15) is 0 Å². The van der Waals surface area contributed by atoms with E-state index in [1.54, 1.807) is 18.2 Å². The Labute approximate surface area is 154 Å². The molecule has 0 aliphatic heterocycles. The van der Waals surface area contributed by atoms with Crippen molar-refractivity contribution in [3.05, 3.63) is 53.9 Å².